The Hall–Kier alpha value is -2.06. The summed E-state index contributed by atoms with van der Waals surface area (Å²) in [6, 6.07) is 21.0. The summed E-state index contributed by atoms with van der Waals surface area (Å²) in [6.07, 6.45) is 0. The number of hydrogen-bond acceptors (Lipinski definition) is 1. The van der Waals surface area contributed by atoms with Crippen molar-refractivity contribution in [3.8, 4) is 11.3 Å². The third kappa shape index (κ3) is 1.98. The maximum absolute atomic E-state index is 6.19. The van der Waals surface area contributed by atoms with Gasteiger partial charge in [-0.2, -0.15) is 0 Å². The van der Waals surface area contributed by atoms with Gasteiger partial charge in [0.2, 0.25) is 0 Å². The van der Waals surface area contributed by atoms with Crippen LogP contribution in [0.15, 0.2) is 69.6 Å². The largest absolute Gasteiger partial charge is 0.454 e. The molecule has 1 nitrogen and oxygen atoms in total. The zero-order chi connectivity index (χ0) is 14.4. The van der Waals surface area contributed by atoms with Gasteiger partial charge in [0.25, 0.3) is 0 Å². The maximum atomic E-state index is 6.19. The smallest absolute Gasteiger partial charge is 0.149 e. The number of fused-ring (bicyclic) bond motifs is 3. The summed E-state index contributed by atoms with van der Waals surface area (Å²) in [5, 5.41) is 3.46. The van der Waals surface area contributed by atoms with Crippen molar-refractivity contribution < 1.29 is 4.42 Å². The minimum atomic E-state index is 0.890. The van der Waals surface area contributed by atoms with Crippen LogP contribution >= 0.6 is 15.9 Å². The number of furan rings is 1. The fraction of sp³-hybridized carbons (Fsp3) is 0.0526. The fourth-order valence-electron chi connectivity index (χ4n) is 2.69. The SMILES string of the molecule is Cc1ccc(-c2oc3c(ccc4ccccc43)c2Br)cc1. The van der Waals surface area contributed by atoms with Crippen LogP contribution in [0.2, 0.25) is 0 Å². The van der Waals surface area contributed by atoms with Crippen molar-refractivity contribution in [1.29, 1.82) is 0 Å². The number of hydrogen-bond donors (Lipinski definition) is 0. The predicted octanol–water partition coefficient (Wildman–Crippen LogP) is 6.32. The van der Waals surface area contributed by atoms with Gasteiger partial charge in [0.1, 0.15) is 11.3 Å². The third-order valence-electron chi connectivity index (χ3n) is 3.83. The molecule has 1 aromatic heterocycles. The molecule has 0 amide bonds. The Kier molecular flexibility index (Phi) is 2.86. The van der Waals surface area contributed by atoms with Crippen LogP contribution in [0.4, 0.5) is 0 Å². The maximum Gasteiger partial charge on any atom is 0.149 e. The van der Waals surface area contributed by atoms with E-state index >= 15 is 0 Å². The zero-order valence-electron chi connectivity index (χ0n) is 11.6. The minimum absolute atomic E-state index is 0.890. The Balaban J connectivity index is 2.05. The Labute approximate surface area is 131 Å². The van der Waals surface area contributed by atoms with Gasteiger partial charge in [-0.05, 0) is 34.3 Å². The molecule has 0 bridgehead atoms. The van der Waals surface area contributed by atoms with Crippen molar-refractivity contribution in [2.75, 3.05) is 0 Å². The highest BCUT2D eigenvalue weighted by atomic mass is 79.9. The molecule has 0 saturated carbocycles. The number of benzene rings is 3. The summed E-state index contributed by atoms with van der Waals surface area (Å²) in [5.41, 5.74) is 3.28. The summed E-state index contributed by atoms with van der Waals surface area (Å²) in [5.74, 6) is 0.890. The second kappa shape index (κ2) is 4.74. The van der Waals surface area contributed by atoms with Crippen LogP contribution in [0, 0.1) is 6.92 Å². The van der Waals surface area contributed by atoms with Gasteiger partial charge in [0.15, 0.2) is 0 Å². The lowest BCUT2D eigenvalue weighted by atomic mass is 10.1. The van der Waals surface area contributed by atoms with Gasteiger partial charge >= 0.3 is 0 Å². The fourth-order valence-corrected chi connectivity index (χ4v) is 3.31. The van der Waals surface area contributed by atoms with E-state index in [0.717, 1.165) is 32.2 Å². The first kappa shape index (κ1) is 12.7. The molecule has 0 aliphatic heterocycles. The molecule has 0 aliphatic carbocycles. The number of aryl methyl sites for hydroxylation is 1. The van der Waals surface area contributed by atoms with Crippen molar-refractivity contribution in [1.82, 2.24) is 0 Å². The Morgan fingerprint density at radius 2 is 1.57 bits per heavy atom. The molecular formula is C19H13BrO. The second-order valence-electron chi connectivity index (χ2n) is 5.27. The highest BCUT2D eigenvalue weighted by molar-refractivity contribution is 9.10. The summed E-state index contributed by atoms with van der Waals surface area (Å²) in [6.45, 7) is 2.09. The molecule has 21 heavy (non-hydrogen) atoms. The monoisotopic (exact) mass is 336 g/mol. The van der Waals surface area contributed by atoms with Gasteiger partial charge in [0, 0.05) is 16.3 Å². The Bertz CT molecular complexity index is 949. The quantitative estimate of drug-likeness (QED) is 0.396. The lowest BCUT2D eigenvalue weighted by Gasteiger charge is -1.98. The third-order valence-corrected chi connectivity index (χ3v) is 4.62. The molecule has 4 aromatic rings. The van der Waals surface area contributed by atoms with Gasteiger partial charge in [-0.15, -0.1) is 0 Å². The van der Waals surface area contributed by atoms with E-state index in [1.807, 2.05) is 12.1 Å². The van der Waals surface area contributed by atoms with Crippen molar-refractivity contribution in [2.24, 2.45) is 0 Å². The molecule has 0 fully saturated rings. The van der Waals surface area contributed by atoms with Crippen molar-refractivity contribution >= 4 is 37.7 Å². The predicted molar refractivity (Wildman–Crippen MR) is 91.6 cm³/mol. The molecular weight excluding hydrogens is 324 g/mol. The summed E-state index contributed by atoms with van der Waals surface area (Å²) in [7, 11) is 0. The van der Waals surface area contributed by atoms with Gasteiger partial charge < -0.3 is 4.42 Å². The van der Waals surface area contributed by atoms with Crippen LogP contribution in [-0.4, -0.2) is 0 Å². The van der Waals surface area contributed by atoms with Crippen LogP contribution in [-0.2, 0) is 0 Å². The molecule has 102 valence electrons. The van der Waals surface area contributed by atoms with Crippen molar-refractivity contribution in [3.05, 3.63) is 70.7 Å². The second-order valence-corrected chi connectivity index (χ2v) is 6.07. The van der Waals surface area contributed by atoms with E-state index in [-0.39, 0.29) is 0 Å². The molecule has 0 radical (unpaired) electrons. The summed E-state index contributed by atoms with van der Waals surface area (Å²) in [4.78, 5) is 0. The molecule has 3 aromatic carbocycles. The molecule has 0 saturated heterocycles. The molecule has 0 aliphatic rings. The first-order valence-corrected chi connectivity index (χ1v) is 7.70. The highest BCUT2D eigenvalue weighted by Gasteiger charge is 2.15. The van der Waals surface area contributed by atoms with E-state index in [1.165, 1.54) is 10.9 Å². The molecule has 2 heteroatoms. The Morgan fingerprint density at radius 3 is 2.38 bits per heavy atom. The average molecular weight is 337 g/mol. The van der Waals surface area contributed by atoms with E-state index in [4.69, 9.17) is 4.42 Å². The van der Waals surface area contributed by atoms with Crippen molar-refractivity contribution in [3.63, 3.8) is 0 Å². The topological polar surface area (TPSA) is 13.1 Å². The normalized spacial score (nSPS) is 11.3. The summed E-state index contributed by atoms with van der Waals surface area (Å²) < 4.78 is 7.21. The van der Waals surface area contributed by atoms with E-state index in [1.54, 1.807) is 0 Å². The van der Waals surface area contributed by atoms with Crippen molar-refractivity contribution in [2.45, 2.75) is 6.92 Å². The molecule has 0 spiro atoms. The lowest BCUT2D eigenvalue weighted by Crippen LogP contribution is -1.75. The standard InChI is InChI=1S/C19H13BrO/c1-12-6-8-14(9-7-12)18-17(20)16-11-10-13-4-2-3-5-15(13)19(16)21-18/h2-11H,1H3. The van der Waals surface area contributed by atoms with E-state index in [9.17, 15) is 0 Å². The van der Waals surface area contributed by atoms with E-state index in [0.29, 0.717) is 0 Å². The van der Waals surface area contributed by atoms with Crippen LogP contribution in [0.25, 0.3) is 33.1 Å². The molecule has 4 rings (SSSR count). The van der Waals surface area contributed by atoms with E-state index in [2.05, 4.69) is 71.4 Å². The van der Waals surface area contributed by atoms with Gasteiger partial charge in [-0.25, -0.2) is 0 Å². The summed E-state index contributed by atoms with van der Waals surface area (Å²) >= 11 is 3.70. The highest BCUT2D eigenvalue weighted by Crippen LogP contribution is 2.40. The molecule has 0 N–H and O–H groups in total. The van der Waals surface area contributed by atoms with Gasteiger partial charge in [-0.3, -0.25) is 0 Å². The Morgan fingerprint density at radius 1 is 0.810 bits per heavy atom. The number of rotatable bonds is 1. The molecule has 1 heterocycles. The molecule has 0 unspecified atom stereocenters. The van der Waals surface area contributed by atoms with Gasteiger partial charge in [-0.1, -0.05) is 60.2 Å². The van der Waals surface area contributed by atoms with Crippen LogP contribution in [0.5, 0.6) is 0 Å². The number of halogens is 1. The zero-order valence-corrected chi connectivity index (χ0v) is 13.1. The lowest BCUT2D eigenvalue weighted by molar-refractivity contribution is 0.633. The average Bonchev–Trinajstić information content (AvgIpc) is 2.86. The van der Waals surface area contributed by atoms with Crippen LogP contribution in [0.1, 0.15) is 5.56 Å². The van der Waals surface area contributed by atoms with Crippen LogP contribution in [0.3, 0.4) is 0 Å². The van der Waals surface area contributed by atoms with Gasteiger partial charge in [0.05, 0.1) is 4.47 Å². The first-order valence-electron chi connectivity index (χ1n) is 6.91. The van der Waals surface area contributed by atoms with E-state index < -0.39 is 0 Å². The van der Waals surface area contributed by atoms with Crippen LogP contribution < -0.4 is 0 Å². The minimum Gasteiger partial charge on any atom is -0.454 e. The molecule has 0 atom stereocenters. The first-order chi connectivity index (χ1) is 10.2.